The number of rotatable bonds is 20. The van der Waals surface area contributed by atoms with Crippen molar-refractivity contribution in [2.24, 2.45) is 33.7 Å². The Hall–Kier alpha value is -7.62. The minimum absolute atomic E-state index is 0.0113. The van der Waals surface area contributed by atoms with E-state index < -0.39 is 138 Å². The molecule has 11 amide bonds. The molecule has 2 heterocycles. The van der Waals surface area contributed by atoms with E-state index in [1.54, 1.807) is 54.6 Å². The molecule has 28 heteroatoms. The minimum atomic E-state index is -1.77. The van der Waals surface area contributed by atoms with Crippen LogP contribution in [0.25, 0.3) is 0 Å². The van der Waals surface area contributed by atoms with Crippen LogP contribution in [0.3, 0.4) is 0 Å². The molecule has 80 heavy (non-hydrogen) atoms. The van der Waals surface area contributed by atoms with Crippen LogP contribution in [0.5, 0.6) is 5.75 Å². The largest absolute Gasteiger partial charge is 0.497 e. The maximum Gasteiger partial charge on any atom is 0.246 e. The first-order chi connectivity index (χ1) is 38.1. The summed E-state index contributed by atoms with van der Waals surface area (Å²) >= 11 is 0. The van der Waals surface area contributed by atoms with Gasteiger partial charge in [0.25, 0.3) is 0 Å². The number of primary amides is 3. The molecular formula is C52H74N14O12S2. The normalized spacial score (nSPS) is 22.6. The number of benzene rings is 2. The van der Waals surface area contributed by atoms with Crippen molar-refractivity contribution >= 4 is 92.5 Å². The summed E-state index contributed by atoms with van der Waals surface area (Å²) in [6.07, 6.45) is 2.41. The zero-order valence-electron chi connectivity index (χ0n) is 44.7. The summed E-state index contributed by atoms with van der Waals surface area (Å²) in [4.78, 5) is 156. The Kier molecular flexibility index (Phi) is 24.7. The molecule has 2 saturated heterocycles. The summed E-state index contributed by atoms with van der Waals surface area (Å²) in [6, 6.07) is 5.70. The standard InChI is InChI=1S/C52H74N14O12S2/c1-78-32-16-14-31(15-17-32)25-35-46(73)63-36(24-30-10-4-2-5-11-30)47(74)61-34(18-19-40(53)67)45(72)64-37(26-41(54)68)48(75)65-38(29-79-80-52(27-43(70)60-35)20-6-3-7-21-52)50(77)66-23-9-13-39(66)49(76)62-33(12-8-22-58-51(56)57)44(71)59-28-42(55)69/h2,4-5,10-11,14-17,33-39H,3,6-9,12-13,18-29H2,1H3,(H2,53,67)(H2,54,68)(H2,55,69)(H,59,71)(H,60,70)(H,61,74)(H,62,76)(H,63,73)(H,64,72)(H,65,75)(H4,56,57,58)/t33?,34-,35-,36-,37-,38-,39-/m0/s1. The number of hydrogen-bond acceptors (Lipinski definition) is 15. The van der Waals surface area contributed by atoms with Crippen molar-refractivity contribution in [1.82, 2.24) is 42.1 Å². The molecule has 17 N–H and O–H groups in total. The Bertz CT molecular complexity index is 2570. The second kappa shape index (κ2) is 31.2. The Morgan fingerprint density at radius 3 is 1.98 bits per heavy atom. The molecule has 3 fully saturated rings. The molecule has 26 nitrogen and oxygen atoms in total. The van der Waals surface area contributed by atoms with Crippen LogP contribution in [0.1, 0.15) is 94.6 Å². The predicted molar refractivity (Wildman–Crippen MR) is 298 cm³/mol. The van der Waals surface area contributed by atoms with Crippen LogP contribution in [0.15, 0.2) is 59.6 Å². The lowest BCUT2D eigenvalue weighted by atomic mass is 9.85. The highest BCUT2D eigenvalue weighted by atomic mass is 33.1. The third-order valence-electron chi connectivity index (χ3n) is 13.7. The van der Waals surface area contributed by atoms with E-state index in [4.69, 9.17) is 33.4 Å². The molecule has 2 aromatic carbocycles. The molecule has 0 radical (unpaired) electrons. The molecule has 0 aromatic heterocycles. The second-order valence-corrected chi connectivity index (χ2v) is 22.8. The molecular weight excluding hydrogens is 1080 g/mol. The van der Waals surface area contributed by atoms with Gasteiger partial charge in [0.15, 0.2) is 5.96 Å². The molecule has 2 aromatic rings. The number of nitrogens with two attached hydrogens (primary N) is 5. The Balaban J connectivity index is 1.53. The first-order valence-corrected chi connectivity index (χ1v) is 28.7. The van der Waals surface area contributed by atoms with Crippen LogP contribution >= 0.6 is 21.6 Å². The molecule has 1 spiro atoms. The molecule has 436 valence electrons. The van der Waals surface area contributed by atoms with Gasteiger partial charge < -0.3 is 75.5 Å². The number of methoxy groups -OCH3 is 1. The number of nitrogens with zero attached hydrogens (tertiary/aromatic N) is 2. The fourth-order valence-electron chi connectivity index (χ4n) is 9.59. The highest BCUT2D eigenvalue weighted by Crippen LogP contribution is 2.48. The van der Waals surface area contributed by atoms with Crippen molar-refractivity contribution in [2.75, 3.05) is 32.5 Å². The van der Waals surface area contributed by atoms with Gasteiger partial charge in [-0.2, -0.15) is 0 Å². The summed E-state index contributed by atoms with van der Waals surface area (Å²) in [7, 11) is 4.02. The lowest BCUT2D eigenvalue weighted by molar-refractivity contribution is -0.142. The monoisotopic (exact) mass is 1150 g/mol. The van der Waals surface area contributed by atoms with E-state index in [0.29, 0.717) is 36.1 Å². The summed E-state index contributed by atoms with van der Waals surface area (Å²) in [5, 5.41) is 18.5. The van der Waals surface area contributed by atoms with Crippen LogP contribution in [0.4, 0.5) is 0 Å². The van der Waals surface area contributed by atoms with Gasteiger partial charge in [-0.25, -0.2) is 0 Å². The average Bonchev–Trinajstić information content (AvgIpc) is 3.95. The lowest BCUT2D eigenvalue weighted by Gasteiger charge is -2.37. The third kappa shape index (κ3) is 20.2. The number of hydrogen-bond donors (Lipinski definition) is 12. The predicted octanol–water partition coefficient (Wildman–Crippen LogP) is -2.34. The highest BCUT2D eigenvalue weighted by Gasteiger charge is 2.42. The van der Waals surface area contributed by atoms with Crippen LogP contribution < -0.4 is 70.6 Å². The summed E-state index contributed by atoms with van der Waals surface area (Å²) in [6.45, 7) is -0.382. The van der Waals surface area contributed by atoms with Gasteiger partial charge in [0, 0.05) is 49.3 Å². The maximum absolute atomic E-state index is 15.0. The number of amides is 11. The van der Waals surface area contributed by atoms with Gasteiger partial charge in [0.2, 0.25) is 65.0 Å². The topological polar surface area (TPSA) is 427 Å². The van der Waals surface area contributed by atoms with Gasteiger partial charge in [-0.05, 0) is 68.2 Å². The van der Waals surface area contributed by atoms with E-state index in [1.807, 2.05) is 0 Å². The number of guanidine groups is 1. The van der Waals surface area contributed by atoms with Crippen LogP contribution in [0.2, 0.25) is 0 Å². The van der Waals surface area contributed by atoms with Crippen molar-refractivity contribution in [2.45, 2.75) is 143 Å². The van der Waals surface area contributed by atoms with E-state index in [9.17, 15) is 52.7 Å². The van der Waals surface area contributed by atoms with Crippen molar-refractivity contribution in [1.29, 1.82) is 0 Å². The summed E-state index contributed by atoms with van der Waals surface area (Å²) in [5.41, 5.74) is 28.5. The molecule has 5 rings (SSSR count). The zero-order chi connectivity index (χ0) is 58.4. The number of carbonyl (C=O) groups excluding carboxylic acids is 11. The lowest BCUT2D eigenvalue weighted by Crippen LogP contribution is -2.61. The first kappa shape index (κ1) is 63.2. The van der Waals surface area contributed by atoms with Gasteiger partial charge in [-0.1, -0.05) is 83.3 Å². The van der Waals surface area contributed by atoms with Crippen molar-refractivity contribution in [3.8, 4) is 5.75 Å². The fraction of sp³-hybridized carbons (Fsp3) is 0.538. The van der Waals surface area contributed by atoms with Crippen molar-refractivity contribution < 1.29 is 57.5 Å². The Morgan fingerprint density at radius 2 is 1.35 bits per heavy atom. The number of likely N-dealkylation sites (tertiary alicyclic amines) is 1. The number of aliphatic imine (C=N–C) groups is 1. The van der Waals surface area contributed by atoms with E-state index in [1.165, 1.54) is 33.6 Å². The molecule has 0 bridgehead atoms. The molecule has 2 aliphatic heterocycles. The maximum atomic E-state index is 15.0. The molecule has 1 saturated carbocycles. The van der Waals surface area contributed by atoms with Gasteiger partial charge >= 0.3 is 0 Å². The number of ether oxygens (including phenoxy) is 1. The summed E-state index contributed by atoms with van der Waals surface area (Å²) in [5.74, 6) is -8.92. The average molecular weight is 1150 g/mol. The van der Waals surface area contributed by atoms with E-state index >= 15 is 0 Å². The molecule has 7 atom stereocenters. The first-order valence-electron chi connectivity index (χ1n) is 26.4. The minimum Gasteiger partial charge on any atom is -0.497 e. The van der Waals surface area contributed by atoms with Crippen molar-refractivity contribution in [3.63, 3.8) is 0 Å². The number of nitrogens with one attached hydrogen (secondary N) is 7. The zero-order valence-corrected chi connectivity index (χ0v) is 46.3. The molecule has 1 aliphatic carbocycles. The van der Waals surface area contributed by atoms with Crippen LogP contribution in [-0.4, -0.2) is 155 Å². The van der Waals surface area contributed by atoms with Gasteiger partial charge in [-0.3, -0.25) is 57.7 Å². The quantitative estimate of drug-likeness (QED) is 0.0286. The molecule has 3 aliphatic rings. The SMILES string of the molecule is COc1ccc(C[C@@H]2NC(=O)CC3(CCCCC3)SSC[C@@H](C(=O)N3CCC[C@H]3C(=O)NC(CCCN=C(N)N)C(=O)NCC(N)=O)NC(=O)[C@H](CC(N)=O)NC(=O)[C@H](CCC(N)=O)NC(=O)[C@H](Cc3ccccc3)NC2=O)cc1. The van der Waals surface area contributed by atoms with Gasteiger partial charge in [0.1, 0.15) is 48.0 Å². The van der Waals surface area contributed by atoms with E-state index in [0.717, 1.165) is 19.3 Å². The van der Waals surface area contributed by atoms with E-state index in [-0.39, 0.29) is 63.3 Å². The fourth-order valence-corrected chi connectivity index (χ4v) is 13.0. The molecule has 1 unspecified atom stereocenters. The Morgan fingerprint density at radius 1 is 0.738 bits per heavy atom. The smallest absolute Gasteiger partial charge is 0.246 e. The van der Waals surface area contributed by atoms with Gasteiger partial charge in [0.05, 0.1) is 20.1 Å². The Labute approximate surface area is 471 Å². The van der Waals surface area contributed by atoms with Crippen molar-refractivity contribution in [3.05, 3.63) is 65.7 Å². The third-order valence-corrected chi connectivity index (χ3v) is 17.0. The van der Waals surface area contributed by atoms with E-state index in [2.05, 4.69) is 42.2 Å². The summed E-state index contributed by atoms with van der Waals surface area (Å²) < 4.78 is 4.59. The number of carbonyl (C=O) groups is 11. The highest BCUT2D eigenvalue weighted by molar-refractivity contribution is 8.77. The second-order valence-electron chi connectivity index (χ2n) is 20.0. The van der Waals surface area contributed by atoms with Crippen LogP contribution in [-0.2, 0) is 65.6 Å². The van der Waals surface area contributed by atoms with Gasteiger partial charge in [-0.15, -0.1) is 0 Å². The van der Waals surface area contributed by atoms with Crippen LogP contribution in [0, 0.1) is 0 Å².